The van der Waals surface area contributed by atoms with Crippen LogP contribution in [0.25, 0.3) is 22.8 Å². The molecule has 1 aliphatic rings. The van der Waals surface area contributed by atoms with Crippen LogP contribution in [0, 0.1) is 11.7 Å². The minimum atomic E-state index is -0.390. The molecule has 1 aliphatic heterocycles. The Morgan fingerprint density at radius 1 is 1.19 bits per heavy atom. The second-order valence-corrected chi connectivity index (χ2v) is 7.36. The maximum Gasteiger partial charge on any atom is 0.310 e. The van der Waals surface area contributed by atoms with Gasteiger partial charge in [0.25, 0.3) is 11.8 Å². The van der Waals surface area contributed by atoms with Crippen LogP contribution in [0.1, 0.15) is 30.1 Å². The van der Waals surface area contributed by atoms with Gasteiger partial charge in [-0.1, -0.05) is 23.4 Å². The number of likely N-dealkylation sites (tertiary alicyclic amines) is 1. The molecule has 0 N–H and O–H groups in total. The molecular weight excluding hydrogens is 401 g/mol. The predicted octanol–water partition coefficient (Wildman–Crippen LogP) is 3.96. The Balaban J connectivity index is 1.52. The number of hydrogen-bond acceptors (Lipinski definition) is 6. The maximum absolute atomic E-state index is 13.5. The molecule has 7 nitrogen and oxygen atoms in total. The zero-order valence-corrected chi connectivity index (χ0v) is 17.1. The number of piperidine rings is 1. The molecule has 1 fully saturated rings. The standard InChI is InChI=1S/C23H22FN3O4/c1-2-30-23(29)18-9-5-11-27(14-18)22(28)17-8-3-7-16(12-17)21-25-20(26-31-21)15-6-4-10-19(24)13-15/h3-4,6-8,10,12-13,18H,2,5,9,11,14H2,1H3. The Bertz CT molecular complexity index is 1100. The van der Waals surface area contributed by atoms with Crippen molar-refractivity contribution in [3.8, 4) is 22.8 Å². The lowest BCUT2D eigenvalue weighted by Gasteiger charge is -2.31. The third kappa shape index (κ3) is 4.63. The van der Waals surface area contributed by atoms with Crippen molar-refractivity contribution < 1.29 is 23.2 Å². The molecule has 1 amide bonds. The number of carbonyl (C=O) groups is 2. The number of benzene rings is 2. The number of aromatic nitrogens is 2. The van der Waals surface area contributed by atoms with Gasteiger partial charge < -0.3 is 14.2 Å². The first kappa shape index (κ1) is 20.7. The summed E-state index contributed by atoms with van der Waals surface area (Å²) in [7, 11) is 0. The Labute approximate surface area is 178 Å². The van der Waals surface area contributed by atoms with Crippen LogP contribution in [-0.2, 0) is 9.53 Å². The molecule has 4 rings (SSSR count). The molecule has 2 heterocycles. The fraction of sp³-hybridized carbons (Fsp3) is 0.304. The van der Waals surface area contributed by atoms with Gasteiger partial charge in [-0.15, -0.1) is 0 Å². The average Bonchev–Trinajstić information content (AvgIpc) is 3.29. The quantitative estimate of drug-likeness (QED) is 0.578. The zero-order valence-electron chi connectivity index (χ0n) is 17.1. The summed E-state index contributed by atoms with van der Waals surface area (Å²) in [5.41, 5.74) is 1.55. The molecule has 3 aromatic rings. The highest BCUT2D eigenvalue weighted by Crippen LogP contribution is 2.25. The van der Waals surface area contributed by atoms with E-state index < -0.39 is 0 Å². The average molecular weight is 423 g/mol. The second-order valence-electron chi connectivity index (χ2n) is 7.36. The van der Waals surface area contributed by atoms with Gasteiger partial charge in [0.15, 0.2) is 0 Å². The highest BCUT2D eigenvalue weighted by molar-refractivity contribution is 5.95. The smallest absolute Gasteiger partial charge is 0.310 e. The maximum atomic E-state index is 13.5. The van der Waals surface area contributed by atoms with Crippen LogP contribution in [0.2, 0.25) is 0 Å². The number of rotatable bonds is 5. The van der Waals surface area contributed by atoms with Crippen LogP contribution >= 0.6 is 0 Å². The van der Waals surface area contributed by atoms with Crippen LogP contribution in [-0.4, -0.2) is 46.6 Å². The number of halogens is 1. The Morgan fingerprint density at radius 2 is 2.00 bits per heavy atom. The Morgan fingerprint density at radius 3 is 2.81 bits per heavy atom. The predicted molar refractivity (Wildman–Crippen MR) is 110 cm³/mol. The van der Waals surface area contributed by atoms with E-state index in [1.54, 1.807) is 48.2 Å². The highest BCUT2D eigenvalue weighted by atomic mass is 19.1. The lowest BCUT2D eigenvalue weighted by atomic mass is 9.97. The Hall–Kier alpha value is -3.55. The molecular formula is C23H22FN3O4. The molecule has 0 radical (unpaired) electrons. The largest absolute Gasteiger partial charge is 0.466 e. The van der Waals surface area contributed by atoms with Gasteiger partial charge in [-0.2, -0.15) is 4.98 Å². The van der Waals surface area contributed by atoms with E-state index in [1.165, 1.54) is 12.1 Å². The topological polar surface area (TPSA) is 85.5 Å². The van der Waals surface area contributed by atoms with Crippen molar-refractivity contribution >= 4 is 11.9 Å². The van der Waals surface area contributed by atoms with Crippen molar-refractivity contribution in [3.63, 3.8) is 0 Å². The molecule has 160 valence electrons. The molecule has 0 spiro atoms. The monoisotopic (exact) mass is 423 g/mol. The second kappa shape index (κ2) is 9.07. The van der Waals surface area contributed by atoms with Gasteiger partial charge in [0.2, 0.25) is 5.82 Å². The summed E-state index contributed by atoms with van der Waals surface area (Å²) in [6, 6.07) is 12.8. The minimum absolute atomic E-state index is 0.166. The normalized spacial score (nSPS) is 16.2. The van der Waals surface area contributed by atoms with Crippen LogP contribution in [0.4, 0.5) is 4.39 Å². The molecule has 1 atom stereocenters. The number of hydrogen-bond donors (Lipinski definition) is 0. The summed E-state index contributed by atoms with van der Waals surface area (Å²) >= 11 is 0. The van der Waals surface area contributed by atoms with Crippen LogP contribution in [0.3, 0.4) is 0 Å². The van der Waals surface area contributed by atoms with Gasteiger partial charge in [0.1, 0.15) is 5.82 Å². The highest BCUT2D eigenvalue weighted by Gasteiger charge is 2.30. The van der Waals surface area contributed by atoms with Crippen molar-refractivity contribution in [1.29, 1.82) is 0 Å². The first-order chi connectivity index (χ1) is 15.0. The van der Waals surface area contributed by atoms with E-state index >= 15 is 0 Å². The van der Waals surface area contributed by atoms with E-state index in [0.717, 1.165) is 6.42 Å². The third-order valence-electron chi connectivity index (χ3n) is 5.19. The van der Waals surface area contributed by atoms with Crippen LogP contribution < -0.4 is 0 Å². The first-order valence-corrected chi connectivity index (χ1v) is 10.2. The minimum Gasteiger partial charge on any atom is -0.466 e. The summed E-state index contributed by atoms with van der Waals surface area (Å²) in [6.07, 6.45) is 1.46. The Kier molecular flexibility index (Phi) is 6.06. The van der Waals surface area contributed by atoms with Gasteiger partial charge in [0.05, 0.1) is 12.5 Å². The SMILES string of the molecule is CCOC(=O)C1CCCN(C(=O)c2cccc(-c3nc(-c4cccc(F)c4)no3)c2)C1. The molecule has 1 aromatic heterocycles. The molecule has 31 heavy (non-hydrogen) atoms. The lowest BCUT2D eigenvalue weighted by Crippen LogP contribution is -2.42. The molecule has 2 aromatic carbocycles. The molecule has 0 bridgehead atoms. The van der Waals surface area contributed by atoms with Crippen molar-refractivity contribution in [3.05, 3.63) is 59.9 Å². The number of nitrogens with zero attached hydrogens (tertiary/aromatic N) is 3. The fourth-order valence-corrected chi connectivity index (χ4v) is 3.67. The number of carbonyl (C=O) groups excluding carboxylic acids is 2. The molecule has 0 aliphatic carbocycles. The molecule has 8 heteroatoms. The van der Waals surface area contributed by atoms with E-state index in [1.807, 2.05) is 0 Å². The molecule has 1 saturated heterocycles. The van der Waals surface area contributed by atoms with Gasteiger partial charge in [-0.05, 0) is 50.1 Å². The van der Waals surface area contributed by atoms with Crippen molar-refractivity contribution in [1.82, 2.24) is 15.0 Å². The van der Waals surface area contributed by atoms with E-state index in [9.17, 15) is 14.0 Å². The van der Waals surface area contributed by atoms with Gasteiger partial charge >= 0.3 is 5.97 Å². The third-order valence-corrected chi connectivity index (χ3v) is 5.19. The van der Waals surface area contributed by atoms with Crippen molar-refractivity contribution in [2.75, 3.05) is 19.7 Å². The van der Waals surface area contributed by atoms with Crippen molar-refractivity contribution in [2.45, 2.75) is 19.8 Å². The molecule has 1 unspecified atom stereocenters. The summed E-state index contributed by atoms with van der Waals surface area (Å²) in [5, 5.41) is 3.92. The van der Waals surface area contributed by atoms with Gasteiger partial charge in [-0.25, -0.2) is 4.39 Å². The van der Waals surface area contributed by atoms with E-state index in [0.29, 0.717) is 42.8 Å². The van der Waals surface area contributed by atoms with E-state index in [2.05, 4.69) is 10.1 Å². The molecule has 0 saturated carbocycles. The van der Waals surface area contributed by atoms with E-state index in [-0.39, 0.29) is 35.3 Å². The number of ether oxygens (including phenoxy) is 1. The number of amides is 1. The summed E-state index contributed by atoms with van der Waals surface area (Å²) in [6.45, 7) is 3.02. The first-order valence-electron chi connectivity index (χ1n) is 10.2. The van der Waals surface area contributed by atoms with Crippen LogP contribution in [0.5, 0.6) is 0 Å². The van der Waals surface area contributed by atoms with Crippen LogP contribution in [0.15, 0.2) is 53.1 Å². The van der Waals surface area contributed by atoms with Gasteiger partial charge in [0, 0.05) is 29.8 Å². The van der Waals surface area contributed by atoms with Crippen molar-refractivity contribution in [2.24, 2.45) is 5.92 Å². The van der Waals surface area contributed by atoms with Gasteiger partial charge in [-0.3, -0.25) is 9.59 Å². The zero-order chi connectivity index (χ0) is 21.8. The number of esters is 1. The summed E-state index contributed by atoms with van der Waals surface area (Å²) in [4.78, 5) is 31.1. The fourth-order valence-electron chi connectivity index (χ4n) is 3.67. The van der Waals surface area contributed by atoms with E-state index in [4.69, 9.17) is 9.26 Å². The summed E-state index contributed by atoms with van der Waals surface area (Å²) in [5.74, 6) is -0.619. The summed E-state index contributed by atoms with van der Waals surface area (Å²) < 4.78 is 23.9. The lowest BCUT2D eigenvalue weighted by molar-refractivity contribution is -0.149.